The molecule has 5 rings (SSSR count). The number of halogens is 2. The lowest BCUT2D eigenvalue weighted by Gasteiger charge is -2.10. The van der Waals surface area contributed by atoms with Crippen LogP contribution in [0.15, 0.2) is 53.2 Å². The standard InChI is InChI=1S/C20H12Cl2N2O4/c21-13-7-24(26)8-14(22)18(13)23-20(25)12-6-5-11(16-9-27-16)19-17(12)10-3-1-2-4-15(10)28-19/h1-8,16H,9H2,(H,23,25). The van der Waals surface area contributed by atoms with Crippen LogP contribution in [-0.2, 0) is 4.74 Å². The third kappa shape index (κ3) is 2.77. The molecule has 1 amide bonds. The minimum atomic E-state index is -0.410. The van der Waals surface area contributed by atoms with Gasteiger partial charge in [-0.1, -0.05) is 47.5 Å². The van der Waals surface area contributed by atoms with E-state index in [9.17, 15) is 10.0 Å². The fourth-order valence-corrected chi connectivity index (χ4v) is 3.86. The zero-order valence-corrected chi connectivity index (χ0v) is 15.8. The van der Waals surface area contributed by atoms with Gasteiger partial charge in [0.1, 0.15) is 27.3 Å². The number of aromatic nitrogens is 1. The Balaban J connectivity index is 1.67. The van der Waals surface area contributed by atoms with E-state index in [1.165, 1.54) is 0 Å². The molecule has 1 aliphatic rings. The minimum absolute atomic E-state index is 0.0225. The molecule has 2 aromatic carbocycles. The van der Waals surface area contributed by atoms with E-state index in [1.807, 2.05) is 30.3 Å². The van der Waals surface area contributed by atoms with E-state index < -0.39 is 5.91 Å². The lowest BCUT2D eigenvalue weighted by molar-refractivity contribution is -0.605. The largest absolute Gasteiger partial charge is 0.619 e. The second-order valence-electron chi connectivity index (χ2n) is 6.47. The highest BCUT2D eigenvalue weighted by Crippen LogP contribution is 2.41. The van der Waals surface area contributed by atoms with Crippen molar-refractivity contribution in [3.8, 4) is 0 Å². The van der Waals surface area contributed by atoms with Crippen molar-refractivity contribution in [2.45, 2.75) is 6.10 Å². The molecule has 28 heavy (non-hydrogen) atoms. The van der Waals surface area contributed by atoms with Crippen LogP contribution >= 0.6 is 23.2 Å². The van der Waals surface area contributed by atoms with E-state index in [0.29, 0.717) is 33.5 Å². The lowest BCUT2D eigenvalue weighted by atomic mass is 10.0. The van der Waals surface area contributed by atoms with E-state index >= 15 is 0 Å². The molecule has 1 unspecified atom stereocenters. The van der Waals surface area contributed by atoms with Gasteiger partial charge < -0.3 is 19.7 Å². The highest BCUT2D eigenvalue weighted by Gasteiger charge is 2.30. The monoisotopic (exact) mass is 414 g/mol. The number of anilines is 1. The third-order valence-electron chi connectivity index (χ3n) is 4.68. The predicted octanol–water partition coefficient (Wildman–Crippen LogP) is 4.85. The zero-order chi connectivity index (χ0) is 19.4. The molecule has 0 bridgehead atoms. The van der Waals surface area contributed by atoms with Crippen molar-refractivity contribution in [1.82, 2.24) is 0 Å². The highest BCUT2D eigenvalue weighted by molar-refractivity contribution is 6.39. The normalized spacial score (nSPS) is 15.9. The van der Waals surface area contributed by atoms with Gasteiger partial charge in [0.25, 0.3) is 5.91 Å². The lowest BCUT2D eigenvalue weighted by Crippen LogP contribution is -2.25. The second-order valence-corrected chi connectivity index (χ2v) is 7.28. The molecule has 4 aromatic rings. The third-order valence-corrected chi connectivity index (χ3v) is 5.25. The first-order valence-corrected chi connectivity index (χ1v) is 9.23. The number of hydrogen-bond donors (Lipinski definition) is 1. The Labute approximate surface area is 168 Å². The molecule has 0 radical (unpaired) electrons. The molecular formula is C20H12Cl2N2O4. The van der Waals surface area contributed by atoms with Gasteiger partial charge in [-0.15, -0.1) is 0 Å². The molecule has 2 aromatic heterocycles. The van der Waals surface area contributed by atoms with E-state index in [-0.39, 0.29) is 21.8 Å². The number of benzene rings is 2. The molecule has 0 saturated carbocycles. The van der Waals surface area contributed by atoms with Gasteiger partial charge in [-0.2, -0.15) is 4.73 Å². The van der Waals surface area contributed by atoms with E-state index in [0.717, 1.165) is 23.3 Å². The summed E-state index contributed by atoms with van der Waals surface area (Å²) in [5.74, 6) is -0.410. The molecule has 1 saturated heterocycles. The fraction of sp³-hybridized carbons (Fsp3) is 0.100. The summed E-state index contributed by atoms with van der Waals surface area (Å²) >= 11 is 12.2. The van der Waals surface area contributed by atoms with Crippen molar-refractivity contribution in [2.75, 3.05) is 11.9 Å². The number of nitrogens with zero attached hydrogens (tertiary/aromatic N) is 1. The van der Waals surface area contributed by atoms with Gasteiger partial charge in [-0.05, 0) is 12.1 Å². The quantitative estimate of drug-likeness (QED) is 0.295. The van der Waals surface area contributed by atoms with Gasteiger partial charge in [0.05, 0.1) is 17.9 Å². The molecule has 140 valence electrons. The molecule has 1 atom stereocenters. The average Bonchev–Trinajstić information content (AvgIpc) is 3.43. The summed E-state index contributed by atoms with van der Waals surface area (Å²) in [7, 11) is 0. The Bertz CT molecular complexity index is 1240. The summed E-state index contributed by atoms with van der Waals surface area (Å²) in [5.41, 5.74) is 2.80. The van der Waals surface area contributed by atoms with Crippen LogP contribution in [0, 0.1) is 5.21 Å². The van der Waals surface area contributed by atoms with Gasteiger partial charge in [-0.3, -0.25) is 4.79 Å². The van der Waals surface area contributed by atoms with Crippen molar-refractivity contribution in [2.24, 2.45) is 0 Å². The first kappa shape index (κ1) is 17.3. The summed E-state index contributed by atoms with van der Waals surface area (Å²) in [6, 6.07) is 11.1. The van der Waals surface area contributed by atoms with Crippen LogP contribution in [0.5, 0.6) is 0 Å². The van der Waals surface area contributed by atoms with Crippen molar-refractivity contribution in [3.05, 3.63) is 75.2 Å². The predicted molar refractivity (Wildman–Crippen MR) is 106 cm³/mol. The zero-order valence-electron chi connectivity index (χ0n) is 14.2. The molecule has 1 N–H and O–H groups in total. The maximum atomic E-state index is 13.1. The van der Waals surface area contributed by atoms with Gasteiger partial charge in [0, 0.05) is 16.3 Å². The number of fused-ring (bicyclic) bond motifs is 3. The van der Waals surface area contributed by atoms with Crippen LogP contribution in [0.3, 0.4) is 0 Å². The van der Waals surface area contributed by atoms with Crippen LogP contribution in [0.1, 0.15) is 22.0 Å². The van der Waals surface area contributed by atoms with Crippen molar-refractivity contribution >= 4 is 56.7 Å². The number of furan rings is 1. The number of carbonyl (C=O) groups excluding carboxylic acids is 1. The number of nitrogens with one attached hydrogen (secondary N) is 1. The Morgan fingerprint density at radius 3 is 2.57 bits per heavy atom. The molecule has 8 heteroatoms. The Morgan fingerprint density at radius 1 is 1.14 bits per heavy atom. The first-order chi connectivity index (χ1) is 13.5. The van der Waals surface area contributed by atoms with Gasteiger partial charge in [0.15, 0.2) is 0 Å². The summed E-state index contributed by atoms with van der Waals surface area (Å²) in [5, 5.41) is 15.7. The van der Waals surface area contributed by atoms with Crippen LogP contribution in [0.25, 0.3) is 21.9 Å². The van der Waals surface area contributed by atoms with E-state index in [4.69, 9.17) is 32.4 Å². The Hall–Kier alpha value is -2.80. The second kappa shape index (κ2) is 6.38. The van der Waals surface area contributed by atoms with Gasteiger partial charge >= 0.3 is 0 Å². The first-order valence-electron chi connectivity index (χ1n) is 8.48. The molecule has 6 nitrogen and oxygen atoms in total. The molecule has 1 fully saturated rings. The number of carbonyl (C=O) groups is 1. The average molecular weight is 415 g/mol. The summed E-state index contributed by atoms with van der Waals surface area (Å²) in [6.07, 6.45) is 2.23. The maximum absolute atomic E-state index is 13.1. The summed E-state index contributed by atoms with van der Waals surface area (Å²) < 4.78 is 11.9. The fourth-order valence-electron chi connectivity index (χ4n) is 3.32. The Kier molecular flexibility index (Phi) is 3.94. The number of ether oxygens (including phenoxy) is 1. The topological polar surface area (TPSA) is 81.7 Å². The number of para-hydroxylation sites is 1. The molecular weight excluding hydrogens is 403 g/mol. The molecule has 1 aliphatic heterocycles. The number of amides is 1. The number of pyridine rings is 1. The number of epoxide rings is 1. The number of rotatable bonds is 3. The molecule has 0 aliphatic carbocycles. The van der Waals surface area contributed by atoms with Crippen LogP contribution in [-0.4, -0.2) is 12.5 Å². The van der Waals surface area contributed by atoms with Crippen LogP contribution in [0.4, 0.5) is 5.69 Å². The van der Waals surface area contributed by atoms with Crippen molar-refractivity contribution < 1.29 is 18.7 Å². The van der Waals surface area contributed by atoms with Crippen molar-refractivity contribution in [1.29, 1.82) is 0 Å². The SMILES string of the molecule is O=C(Nc1c(Cl)c[n+]([O-])cc1Cl)c1ccc(C2CO2)c2oc3ccccc3c12. The molecule has 0 spiro atoms. The highest BCUT2D eigenvalue weighted by atomic mass is 35.5. The number of hydrogen-bond acceptors (Lipinski definition) is 4. The van der Waals surface area contributed by atoms with Gasteiger partial charge in [-0.25, -0.2) is 0 Å². The summed E-state index contributed by atoms with van der Waals surface area (Å²) in [4.78, 5) is 13.1. The van der Waals surface area contributed by atoms with Crippen LogP contribution in [0.2, 0.25) is 10.0 Å². The van der Waals surface area contributed by atoms with Crippen LogP contribution < -0.4 is 10.0 Å². The van der Waals surface area contributed by atoms with E-state index in [2.05, 4.69) is 5.32 Å². The van der Waals surface area contributed by atoms with Crippen molar-refractivity contribution in [3.63, 3.8) is 0 Å². The van der Waals surface area contributed by atoms with Gasteiger partial charge in [0.2, 0.25) is 12.4 Å². The Morgan fingerprint density at radius 2 is 1.86 bits per heavy atom. The summed E-state index contributed by atoms with van der Waals surface area (Å²) in [6.45, 7) is 0.627. The maximum Gasteiger partial charge on any atom is 0.256 e. The smallest absolute Gasteiger partial charge is 0.256 e. The van der Waals surface area contributed by atoms with E-state index in [1.54, 1.807) is 6.07 Å². The minimum Gasteiger partial charge on any atom is -0.619 e. The molecule has 3 heterocycles.